The lowest BCUT2D eigenvalue weighted by atomic mass is 10.0. The fourth-order valence-electron chi connectivity index (χ4n) is 9.91. The molecule has 3 atom stereocenters. The summed E-state index contributed by atoms with van der Waals surface area (Å²) in [6.45, 7) is 6.92. The minimum atomic E-state index is -4.46. The van der Waals surface area contributed by atoms with Crippen LogP contribution in [0.5, 0.6) is 0 Å². The van der Waals surface area contributed by atoms with Gasteiger partial charge in [0, 0.05) is 12.8 Å². The van der Waals surface area contributed by atoms with Gasteiger partial charge in [0.1, 0.15) is 19.3 Å². The number of ether oxygens (including phenoxy) is 1. The lowest BCUT2D eigenvalue weighted by Gasteiger charge is -2.27. The second-order valence-electron chi connectivity index (χ2n) is 24.3. The molecule has 0 rings (SSSR count). The summed E-state index contributed by atoms with van der Waals surface area (Å²) in [6.07, 6.45) is 79.1. The average Bonchev–Trinajstić information content (AvgIpc) is 3.43. The lowest BCUT2D eigenvalue weighted by molar-refractivity contribution is -0.870. The van der Waals surface area contributed by atoms with Gasteiger partial charge in [0.2, 0.25) is 5.91 Å². The van der Waals surface area contributed by atoms with E-state index in [2.05, 4.69) is 86.8 Å². The van der Waals surface area contributed by atoms with Crippen LogP contribution in [-0.4, -0.2) is 74.3 Å². The van der Waals surface area contributed by atoms with Gasteiger partial charge in [-0.3, -0.25) is 18.6 Å². The lowest BCUT2D eigenvalue weighted by Crippen LogP contribution is -2.47. The Hall–Kier alpha value is -2.55. The number of nitrogens with zero attached hydrogens (tertiary/aromatic N) is 1. The Morgan fingerprint density at radius 1 is 0.444 bits per heavy atom. The molecule has 0 aromatic carbocycles. The highest BCUT2D eigenvalue weighted by Gasteiger charge is 2.30. The number of hydrogen-bond acceptors (Lipinski definition) is 6. The van der Waals surface area contributed by atoms with Crippen LogP contribution in [0.3, 0.4) is 0 Å². The van der Waals surface area contributed by atoms with Gasteiger partial charge in [0.15, 0.2) is 0 Å². The van der Waals surface area contributed by atoms with Crippen LogP contribution in [0.4, 0.5) is 0 Å². The van der Waals surface area contributed by atoms with Crippen LogP contribution in [0.25, 0.3) is 0 Å². The first-order valence-corrected chi connectivity index (χ1v) is 35.8. The third kappa shape index (κ3) is 61.8. The number of carbonyl (C=O) groups is 2. The minimum absolute atomic E-state index is 0.0369. The predicted molar refractivity (Wildman–Crippen MR) is 351 cm³/mol. The summed E-state index contributed by atoms with van der Waals surface area (Å²) in [6, 6.07) is -0.856. The Balaban J connectivity index is 5.10. The molecule has 2 N–H and O–H groups in total. The second kappa shape index (κ2) is 60.6. The molecule has 0 aromatic heterocycles. The highest BCUT2D eigenvalue weighted by molar-refractivity contribution is 7.47. The molecular weight excluding hydrogens is 1020 g/mol. The van der Waals surface area contributed by atoms with Crippen molar-refractivity contribution in [3.8, 4) is 0 Å². The van der Waals surface area contributed by atoms with E-state index >= 15 is 0 Å². The van der Waals surface area contributed by atoms with Crippen molar-refractivity contribution in [2.45, 2.75) is 328 Å². The van der Waals surface area contributed by atoms with Crippen molar-refractivity contribution in [1.82, 2.24) is 5.32 Å². The monoisotopic (exact) mass is 1160 g/mol. The smallest absolute Gasteiger partial charge is 0.456 e. The zero-order chi connectivity index (χ0) is 59.3. The highest BCUT2D eigenvalue weighted by Crippen LogP contribution is 2.43. The fourth-order valence-corrected chi connectivity index (χ4v) is 10.6. The van der Waals surface area contributed by atoms with Crippen LogP contribution in [0, 0.1) is 0 Å². The maximum atomic E-state index is 13.6. The van der Waals surface area contributed by atoms with Crippen molar-refractivity contribution in [3.63, 3.8) is 0 Å². The molecule has 0 aliphatic rings. The normalized spacial score (nSPS) is 14.0. The summed E-state index contributed by atoms with van der Waals surface area (Å²) in [4.78, 5) is 37.8. The standard InChI is InChI=1S/C71H131N2O7P/c1-7-10-13-16-19-22-25-27-29-31-33-35-36-38-39-41-43-45-48-51-54-57-60-63-70(74)72-68(67-79-81(76,77)78-66-65-73(4,5)6)69(62-59-56-53-50-47-24-21-18-15-12-9-3)80-71(75)64-61-58-55-52-49-46-44-42-40-37-34-32-30-28-26-23-20-17-14-11-8-2/h10,13,19,22,27,29,33,35,38-39,59,62,68-69H,7-9,11-12,14-18,20-21,23-26,28,30-32,34,36-37,40-58,60-61,63-67H2,1-6H3,(H-,72,74,76,77)/p+1/b13-10-,22-19-,29-27-,35-33-,39-38-,62-59+. The number of unbranched alkanes of at least 4 members (excludes halogenated alkanes) is 36. The zero-order valence-electron chi connectivity index (χ0n) is 54.0. The fraction of sp³-hybridized carbons (Fsp3) is 0.803. The molecule has 0 saturated carbocycles. The van der Waals surface area contributed by atoms with E-state index in [0.29, 0.717) is 23.9 Å². The number of esters is 1. The van der Waals surface area contributed by atoms with Crippen molar-refractivity contribution < 1.29 is 37.3 Å². The van der Waals surface area contributed by atoms with Crippen molar-refractivity contribution in [2.75, 3.05) is 40.9 Å². The first-order valence-electron chi connectivity index (χ1n) is 34.3. The van der Waals surface area contributed by atoms with Crippen LogP contribution in [-0.2, 0) is 27.9 Å². The molecule has 0 radical (unpaired) electrons. The molecule has 0 saturated heterocycles. The highest BCUT2D eigenvalue weighted by atomic mass is 31.2. The number of phosphoric acid groups is 1. The van der Waals surface area contributed by atoms with E-state index in [9.17, 15) is 19.0 Å². The van der Waals surface area contributed by atoms with Crippen LogP contribution < -0.4 is 5.32 Å². The molecule has 0 fully saturated rings. The number of quaternary nitrogens is 1. The molecule has 0 bridgehead atoms. The summed E-state index contributed by atoms with van der Waals surface area (Å²) in [5.74, 6) is -0.508. The van der Waals surface area contributed by atoms with Gasteiger partial charge in [0.05, 0.1) is 33.8 Å². The Labute approximate surface area is 502 Å². The van der Waals surface area contributed by atoms with E-state index in [-0.39, 0.29) is 25.1 Å². The molecule has 0 aromatic rings. The predicted octanol–water partition coefficient (Wildman–Crippen LogP) is 21.6. The van der Waals surface area contributed by atoms with Gasteiger partial charge in [-0.05, 0) is 76.7 Å². The first-order chi connectivity index (χ1) is 39.4. The molecule has 0 spiro atoms. The van der Waals surface area contributed by atoms with Crippen LogP contribution >= 0.6 is 7.82 Å². The molecule has 81 heavy (non-hydrogen) atoms. The summed E-state index contributed by atoms with van der Waals surface area (Å²) in [7, 11) is 1.49. The SMILES string of the molecule is CC/C=C\C/C=C\C/C=C\C/C=C\C/C=C\CCCCCCCCCC(=O)NC(COP(=O)(O)OCC[N+](C)(C)C)C(/C=C/CCCCCCCCCCC)OC(=O)CCCCCCCCCCCCCCCCCCCCCCC. The van der Waals surface area contributed by atoms with Crippen molar-refractivity contribution >= 4 is 19.7 Å². The number of likely N-dealkylation sites (N-methyl/N-ethyl adjacent to an activating group) is 1. The van der Waals surface area contributed by atoms with Gasteiger partial charge < -0.3 is 19.4 Å². The van der Waals surface area contributed by atoms with E-state index in [1.807, 2.05) is 33.3 Å². The maximum absolute atomic E-state index is 13.6. The summed E-state index contributed by atoms with van der Waals surface area (Å²) in [5.41, 5.74) is 0. The van der Waals surface area contributed by atoms with E-state index in [0.717, 1.165) is 103 Å². The number of amides is 1. The van der Waals surface area contributed by atoms with Gasteiger partial charge in [-0.1, -0.05) is 299 Å². The molecule has 0 aliphatic carbocycles. The summed E-state index contributed by atoms with van der Waals surface area (Å²) >= 11 is 0. The minimum Gasteiger partial charge on any atom is -0.456 e. The number of carbonyl (C=O) groups excluding carboxylic acids is 2. The number of hydrogen-bond donors (Lipinski definition) is 2. The number of rotatable bonds is 62. The topological polar surface area (TPSA) is 111 Å². The van der Waals surface area contributed by atoms with Gasteiger partial charge in [-0.2, -0.15) is 0 Å². The van der Waals surface area contributed by atoms with E-state index in [1.165, 1.54) is 180 Å². The Morgan fingerprint density at radius 2 is 0.790 bits per heavy atom. The molecule has 0 heterocycles. The zero-order valence-corrected chi connectivity index (χ0v) is 54.9. The van der Waals surface area contributed by atoms with Crippen molar-refractivity contribution in [2.24, 2.45) is 0 Å². The molecule has 10 heteroatoms. The van der Waals surface area contributed by atoms with Gasteiger partial charge in [0.25, 0.3) is 0 Å². The van der Waals surface area contributed by atoms with Crippen LogP contribution in [0.1, 0.15) is 316 Å². The van der Waals surface area contributed by atoms with Gasteiger partial charge >= 0.3 is 13.8 Å². The van der Waals surface area contributed by atoms with Crippen LogP contribution in [0.15, 0.2) is 72.9 Å². The number of phosphoric ester groups is 1. The van der Waals surface area contributed by atoms with E-state index in [1.54, 1.807) is 0 Å². The molecule has 1 amide bonds. The molecule has 9 nitrogen and oxygen atoms in total. The Bertz CT molecular complexity index is 1620. The Kier molecular flexibility index (Phi) is 58.7. The van der Waals surface area contributed by atoms with Gasteiger partial charge in [-0.15, -0.1) is 0 Å². The average molecular weight is 1160 g/mol. The quantitative estimate of drug-likeness (QED) is 0.0205. The third-order valence-electron chi connectivity index (χ3n) is 15.2. The molecular formula is C71H132N2O7P+. The van der Waals surface area contributed by atoms with Crippen molar-refractivity contribution in [1.29, 1.82) is 0 Å². The van der Waals surface area contributed by atoms with Crippen molar-refractivity contribution in [3.05, 3.63) is 72.9 Å². The molecule has 3 unspecified atom stereocenters. The molecule has 472 valence electrons. The summed E-state index contributed by atoms with van der Waals surface area (Å²) in [5, 5.41) is 3.06. The summed E-state index contributed by atoms with van der Waals surface area (Å²) < 4.78 is 30.8. The Morgan fingerprint density at radius 3 is 1.19 bits per heavy atom. The number of allylic oxidation sites excluding steroid dienone is 11. The van der Waals surface area contributed by atoms with Gasteiger partial charge in [-0.25, -0.2) is 4.57 Å². The van der Waals surface area contributed by atoms with Crippen LogP contribution in [0.2, 0.25) is 0 Å². The third-order valence-corrected chi connectivity index (χ3v) is 16.1. The molecule has 0 aliphatic heterocycles. The largest absolute Gasteiger partial charge is 0.472 e. The number of nitrogens with one attached hydrogen (secondary N) is 1. The van der Waals surface area contributed by atoms with E-state index in [4.69, 9.17) is 13.8 Å². The second-order valence-corrected chi connectivity index (χ2v) is 25.8. The van der Waals surface area contributed by atoms with E-state index < -0.39 is 20.0 Å². The first kappa shape index (κ1) is 78.5. The maximum Gasteiger partial charge on any atom is 0.472 e.